The molecule has 0 amide bonds. The lowest BCUT2D eigenvalue weighted by Gasteiger charge is -2.29. The van der Waals surface area contributed by atoms with Crippen LogP contribution in [0, 0.1) is 26.6 Å². The molecule has 0 aliphatic carbocycles. The van der Waals surface area contributed by atoms with Crippen molar-refractivity contribution in [1.82, 2.24) is 14.9 Å². The lowest BCUT2D eigenvalue weighted by atomic mass is 9.96. The average molecular weight is 550 g/mol. The molecule has 0 radical (unpaired) electrons. The Hall–Kier alpha value is -3.76. The topological polar surface area (TPSA) is 79.3 Å². The minimum Gasteiger partial charge on any atom is -0.351 e. The van der Waals surface area contributed by atoms with Gasteiger partial charge in [-0.1, -0.05) is 12.1 Å². The van der Waals surface area contributed by atoms with Gasteiger partial charge >= 0.3 is 0 Å². The van der Waals surface area contributed by atoms with Crippen molar-refractivity contribution in [2.45, 2.75) is 32.9 Å². The zero-order valence-corrected chi connectivity index (χ0v) is 23.1. The summed E-state index contributed by atoms with van der Waals surface area (Å²) in [5.41, 5.74) is 6.62. The SMILES string of the molecule is Cc1cc(N2C(=S)NC(c3ccccn3)C2c2cc(C)n(-c3cccc(F)c3)c2C)ccc1NS(C)(=O)=O. The van der Waals surface area contributed by atoms with Gasteiger partial charge in [-0.25, -0.2) is 12.8 Å². The van der Waals surface area contributed by atoms with Gasteiger partial charge in [0, 0.05) is 29.0 Å². The molecule has 2 N–H and O–H groups in total. The monoisotopic (exact) mass is 549 g/mol. The fourth-order valence-corrected chi connectivity index (χ4v) is 6.13. The van der Waals surface area contributed by atoms with Crippen molar-refractivity contribution in [3.8, 4) is 5.69 Å². The van der Waals surface area contributed by atoms with Crippen LogP contribution in [0.4, 0.5) is 15.8 Å². The maximum Gasteiger partial charge on any atom is 0.229 e. The van der Waals surface area contributed by atoms with Crippen LogP contribution in [0.15, 0.2) is 72.9 Å². The number of anilines is 2. The molecule has 10 heteroatoms. The minimum absolute atomic E-state index is 0.251. The number of thiocarbonyl (C=S) groups is 1. The molecule has 2 aromatic heterocycles. The number of aromatic nitrogens is 2. The van der Waals surface area contributed by atoms with Crippen molar-refractivity contribution in [2.75, 3.05) is 15.9 Å². The van der Waals surface area contributed by atoms with Crippen LogP contribution >= 0.6 is 12.2 Å². The first-order chi connectivity index (χ1) is 18.0. The Labute approximate surface area is 227 Å². The molecule has 1 fully saturated rings. The standard InChI is InChI=1S/C28H28FN5O2S2/c1-17-14-22(11-12-24(17)32-38(4,35)36)34-27(26(31-28(34)37)25-10-5-6-13-30-25)23-15-18(2)33(19(23)3)21-9-7-8-20(29)16-21/h5-16,26-27,32H,1-4H3,(H,31,37). The van der Waals surface area contributed by atoms with Gasteiger partial charge < -0.3 is 14.8 Å². The number of rotatable bonds is 6. The number of hydrogen-bond donors (Lipinski definition) is 2. The maximum atomic E-state index is 14.1. The van der Waals surface area contributed by atoms with Crippen LogP contribution < -0.4 is 14.9 Å². The van der Waals surface area contributed by atoms with E-state index >= 15 is 0 Å². The molecule has 1 saturated heterocycles. The summed E-state index contributed by atoms with van der Waals surface area (Å²) < 4.78 is 42.3. The second kappa shape index (κ2) is 9.85. The third-order valence-corrected chi connectivity index (χ3v) is 7.64. The summed E-state index contributed by atoms with van der Waals surface area (Å²) in [6, 6.07) is 19.4. The molecule has 1 aliphatic heterocycles. The van der Waals surface area contributed by atoms with Crippen LogP contribution in [0.25, 0.3) is 5.69 Å². The van der Waals surface area contributed by atoms with Gasteiger partial charge in [0.25, 0.3) is 0 Å². The second-order valence-electron chi connectivity index (χ2n) is 9.51. The van der Waals surface area contributed by atoms with Gasteiger partial charge in [-0.3, -0.25) is 9.71 Å². The third-order valence-electron chi connectivity index (χ3n) is 6.74. The summed E-state index contributed by atoms with van der Waals surface area (Å²) >= 11 is 5.85. The highest BCUT2D eigenvalue weighted by molar-refractivity contribution is 7.92. The second-order valence-corrected chi connectivity index (χ2v) is 11.6. The summed E-state index contributed by atoms with van der Waals surface area (Å²) in [5, 5.41) is 3.99. The molecule has 0 saturated carbocycles. The zero-order valence-electron chi connectivity index (χ0n) is 21.4. The molecule has 0 spiro atoms. The van der Waals surface area contributed by atoms with Gasteiger partial charge in [0.1, 0.15) is 5.82 Å². The number of nitrogens with one attached hydrogen (secondary N) is 2. The van der Waals surface area contributed by atoms with Crippen molar-refractivity contribution < 1.29 is 12.8 Å². The first kappa shape index (κ1) is 25.9. The van der Waals surface area contributed by atoms with Crippen molar-refractivity contribution in [2.24, 2.45) is 0 Å². The summed E-state index contributed by atoms with van der Waals surface area (Å²) in [6.07, 6.45) is 2.88. The average Bonchev–Trinajstić information content (AvgIpc) is 3.35. The summed E-state index contributed by atoms with van der Waals surface area (Å²) in [5.74, 6) is -0.300. The lowest BCUT2D eigenvalue weighted by molar-refractivity contribution is 0.565. The maximum absolute atomic E-state index is 14.1. The number of sulfonamides is 1. The van der Waals surface area contributed by atoms with E-state index in [0.717, 1.165) is 45.8 Å². The van der Waals surface area contributed by atoms with Gasteiger partial charge in [0.2, 0.25) is 10.0 Å². The van der Waals surface area contributed by atoms with Crippen LogP contribution in [0.1, 0.15) is 40.3 Å². The minimum atomic E-state index is -3.42. The molecule has 1 aliphatic rings. The Morgan fingerprint density at radius 3 is 2.45 bits per heavy atom. The van der Waals surface area contributed by atoms with E-state index in [2.05, 4.69) is 21.1 Å². The molecule has 196 valence electrons. The summed E-state index contributed by atoms with van der Waals surface area (Å²) in [6.45, 7) is 5.87. The Bertz CT molecular complexity index is 1640. The Kier molecular flexibility index (Phi) is 6.70. The molecular weight excluding hydrogens is 521 g/mol. The number of nitrogens with zero attached hydrogens (tertiary/aromatic N) is 3. The van der Waals surface area contributed by atoms with Crippen LogP contribution in [-0.4, -0.2) is 29.3 Å². The number of pyridine rings is 1. The molecule has 2 atom stereocenters. The van der Waals surface area contributed by atoms with Crippen molar-refractivity contribution in [3.63, 3.8) is 0 Å². The lowest BCUT2D eigenvalue weighted by Crippen LogP contribution is -2.29. The van der Waals surface area contributed by atoms with E-state index in [4.69, 9.17) is 12.2 Å². The molecule has 4 aromatic rings. The Morgan fingerprint density at radius 2 is 1.79 bits per heavy atom. The molecule has 7 nitrogen and oxygen atoms in total. The first-order valence-corrected chi connectivity index (χ1v) is 14.4. The highest BCUT2D eigenvalue weighted by atomic mass is 32.2. The first-order valence-electron chi connectivity index (χ1n) is 12.1. The molecule has 3 heterocycles. The Balaban J connectivity index is 1.65. The van der Waals surface area contributed by atoms with E-state index in [9.17, 15) is 12.8 Å². The van der Waals surface area contributed by atoms with E-state index < -0.39 is 10.0 Å². The third kappa shape index (κ3) is 4.89. The highest BCUT2D eigenvalue weighted by Crippen LogP contribution is 2.44. The normalized spacial score (nSPS) is 17.5. The van der Waals surface area contributed by atoms with Gasteiger partial charge in [0.05, 0.1) is 29.7 Å². The van der Waals surface area contributed by atoms with E-state index in [1.807, 2.05) is 66.6 Å². The fourth-order valence-electron chi connectivity index (χ4n) is 5.16. The number of aryl methyl sites for hydroxylation is 2. The smallest absolute Gasteiger partial charge is 0.229 e. The molecule has 38 heavy (non-hydrogen) atoms. The highest BCUT2D eigenvalue weighted by Gasteiger charge is 2.42. The summed E-state index contributed by atoms with van der Waals surface area (Å²) in [7, 11) is -3.42. The van der Waals surface area contributed by atoms with Crippen molar-refractivity contribution in [1.29, 1.82) is 0 Å². The van der Waals surface area contributed by atoms with Gasteiger partial charge in [-0.2, -0.15) is 0 Å². The van der Waals surface area contributed by atoms with Crippen molar-refractivity contribution in [3.05, 3.63) is 107 Å². The number of benzene rings is 2. The van der Waals surface area contributed by atoms with Crippen molar-refractivity contribution >= 4 is 38.7 Å². The predicted octanol–water partition coefficient (Wildman–Crippen LogP) is 5.49. The largest absolute Gasteiger partial charge is 0.351 e. The van der Waals surface area contributed by atoms with Crippen LogP contribution in [0.3, 0.4) is 0 Å². The van der Waals surface area contributed by atoms with E-state index in [1.165, 1.54) is 12.1 Å². The molecule has 2 aromatic carbocycles. The fraction of sp³-hybridized carbons (Fsp3) is 0.214. The summed E-state index contributed by atoms with van der Waals surface area (Å²) in [4.78, 5) is 6.66. The van der Waals surface area contributed by atoms with E-state index in [0.29, 0.717) is 10.8 Å². The number of halogens is 1. The predicted molar refractivity (Wildman–Crippen MR) is 153 cm³/mol. The molecule has 0 bridgehead atoms. The quantitative estimate of drug-likeness (QED) is 0.310. The van der Waals surface area contributed by atoms with E-state index in [-0.39, 0.29) is 17.9 Å². The van der Waals surface area contributed by atoms with Crippen LogP contribution in [0.2, 0.25) is 0 Å². The number of hydrogen-bond acceptors (Lipinski definition) is 4. The van der Waals surface area contributed by atoms with Crippen LogP contribution in [0.5, 0.6) is 0 Å². The van der Waals surface area contributed by atoms with Gasteiger partial charge in [0.15, 0.2) is 5.11 Å². The van der Waals surface area contributed by atoms with E-state index in [1.54, 1.807) is 18.3 Å². The molecular formula is C28H28FN5O2S2. The Morgan fingerprint density at radius 1 is 1.00 bits per heavy atom. The van der Waals surface area contributed by atoms with Crippen LogP contribution in [-0.2, 0) is 10.0 Å². The van der Waals surface area contributed by atoms with Gasteiger partial charge in [-0.05, 0) is 98.7 Å². The molecule has 2 unspecified atom stereocenters. The van der Waals surface area contributed by atoms with Gasteiger partial charge in [-0.15, -0.1) is 0 Å². The molecule has 5 rings (SSSR count). The zero-order chi connectivity index (χ0) is 27.2.